The number of pyridine rings is 1. The molecular formula is C11H18F2N4O. The molecule has 0 aliphatic heterocycles. The summed E-state index contributed by atoms with van der Waals surface area (Å²) < 4.78 is 32.0. The molecular weight excluding hydrogens is 242 g/mol. The average Bonchev–Trinajstić information content (AvgIpc) is 2.31. The largest absolute Gasteiger partial charge is 0.383 e. The number of aromatic nitrogens is 1. The number of methoxy groups -OCH3 is 1. The Morgan fingerprint density at radius 1 is 1.44 bits per heavy atom. The first-order valence-electron chi connectivity index (χ1n) is 5.59. The van der Waals surface area contributed by atoms with Crippen LogP contribution in [0.2, 0.25) is 0 Å². The fourth-order valence-corrected chi connectivity index (χ4v) is 1.56. The van der Waals surface area contributed by atoms with Crippen molar-refractivity contribution >= 4 is 11.6 Å². The highest BCUT2D eigenvalue weighted by Crippen LogP contribution is 2.23. The molecule has 1 aromatic rings. The molecule has 0 saturated heterocycles. The lowest BCUT2D eigenvalue weighted by atomic mass is 10.3. The normalized spacial score (nSPS) is 10.8. The minimum Gasteiger partial charge on any atom is -0.383 e. The lowest BCUT2D eigenvalue weighted by Gasteiger charge is -2.28. The van der Waals surface area contributed by atoms with Crippen molar-refractivity contribution in [3.63, 3.8) is 0 Å². The zero-order valence-electron chi connectivity index (χ0n) is 10.7. The van der Waals surface area contributed by atoms with Crippen molar-refractivity contribution in [1.29, 1.82) is 0 Å². The number of rotatable bonds is 6. The molecule has 0 aliphatic carbocycles. The number of nitrogens with zero attached hydrogens (tertiary/aromatic N) is 2. The van der Waals surface area contributed by atoms with E-state index in [9.17, 15) is 8.78 Å². The van der Waals surface area contributed by atoms with Crippen LogP contribution in [0.1, 0.15) is 13.8 Å². The van der Waals surface area contributed by atoms with E-state index in [-0.39, 0.29) is 17.7 Å². The predicted molar refractivity (Wildman–Crippen MR) is 66.3 cm³/mol. The molecule has 0 bridgehead atoms. The summed E-state index contributed by atoms with van der Waals surface area (Å²) in [6.45, 7) is 4.64. The van der Waals surface area contributed by atoms with Gasteiger partial charge in [-0.15, -0.1) is 0 Å². The van der Waals surface area contributed by atoms with E-state index >= 15 is 0 Å². The van der Waals surface area contributed by atoms with Gasteiger partial charge >= 0.3 is 0 Å². The minimum atomic E-state index is -0.825. The number of hydrogen-bond acceptors (Lipinski definition) is 5. The van der Waals surface area contributed by atoms with E-state index < -0.39 is 11.6 Å². The Labute approximate surface area is 105 Å². The third kappa shape index (κ3) is 3.27. The smallest absolute Gasteiger partial charge is 0.178 e. The lowest BCUT2D eigenvalue weighted by Crippen LogP contribution is -2.35. The van der Waals surface area contributed by atoms with Crippen LogP contribution in [0.5, 0.6) is 0 Å². The van der Waals surface area contributed by atoms with Gasteiger partial charge in [-0.05, 0) is 13.8 Å². The lowest BCUT2D eigenvalue weighted by molar-refractivity contribution is 0.203. The van der Waals surface area contributed by atoms with Crippen LogP contribution in [0.3, 0.4) is 0 Å². The average molecular weight is 260 g/mol. The Balaban J connectivity index is 3.10. The van der Waals surface area contributed by atoms with Crippen molar-refractivity contribution in [2.75, 3.05) is 30.6 Å². The van der Waals surface area contributed by atoms with Crippen LogP contribution in [0.25, 0.3) is 0 Å². The molecule has 102 valence electrons. The molecule has 0 radical (unpaired) electrons. The first-order valence-corrected chi connectivity index (χ1v) is 5.59. The van der Waals surface area contributed by atoms with Crippen LogP contribution in [-0.2, 0) is 4.74 Å². The molecule has 0 amide bonds. The Morgan fingerprint density at radius 3 is 2.61 bits per heavy atom. The van der Waals surface area contributed by atoms with Gasteiger partial charge in [0.2, 0.25) is 0 Å². The van der Waals surface area contributed by atoms with Crippen molar-refractivity contribution in [3.8, 4) is 0 Å². The summed E-state index contributed by atoms with van der Waals surface area (Å²) in [7, 11) is 1.56. The maximum atomic E-state index is 13.8. The van der Waals surface area contributed by atoms with Crippen LogP contribution in [0, 0.1) is 11.6 Å². The SMILES string of the molecule is COCCN(c1nc(NN)c(F)cc1F)C(C)C. The van der Waals surface area contributed by atoms with Crippen molar-refractivity contribution in [2.24, 2.45) is 5.84 Å². The van der Waals surface area contributed by atoms with Gasteiger partial charge in [0.15, 0.2) is 23.3 Å². The van der Waals surface area contributed by atoms with E-state index in [1.807, 2.05) is 13.8 Å². The predicted octanol–water partition coefficient (Wildman–Crippen LogP) is 1.51. The Morgan fingerprint density at radius 2 is 2.11 bits per heavy atom. The van der Waals surface area contributed by atoms with Crippen LogP contribution >= 0.6 is 0 Å². The van der Waals surface area contributed by atoms with E-state index in [0.717, 1.165) is 6.07 Å². The van der Waals surface area contributed by atoms with Crippen LogP contribution in [0.4, 0.5) is 20.4 Å². The molecule has 0 atom stereocenters. The number of hydrogen-bond donors (Lipinski definition) is 2. The molecule has 5 nitrogen and oxygen atoms in total. The molecule has 0 saturated carbocycles. The number of nitrogen functional groups attached to an aromatic ring is 1. The standard InChI is InChI=1S/C11H18F2N4O/c1-7(2)17(4-5-18-3)11-9(13)6-8(12)10(15-11)16-14/h6-7H,4-5,14H2,1-3H3,(H,15,16). The quantitative estimate of drug-likeness (QED) is 0.599. The number of nitrogens with one attached hydrogen (secondary N) is 1. The zero-order chi connectivity index (χ0) is 13.7. The fraction of sp³-hybridized carbons (Fsp3) is 0.545. The molecule has 0 spiro atoms. The minimum absolute atomic E-state index is 0.00163. The van der Waals surface area contributed by atoms with Crippen LogP contribution in [0.15, 0.2) is 6.07 Å². The van der Waals surface area contributed by atoms with Gasteiger partial charge < -0.3 is 15.1 Å². The molecule has 1 heterocycles. The van der Waals surface area contributed by atoms with E-state index in [0.29, 0.717) is 13.2 Å². The Bertz CT molecular complexity index is 401. The van der Waals surface area contributed by atoms with Gasteiger partial charge in [0.1, 0.15) is 0 Å². The number of anilines is 2. The number of halogens is 2. The molecule has 0 fully saturated rings. The van der Waals surface area contributed by atoms with Crippen molar-refractivity contribution in [1.82, 2.24) is 4.98 Å². The summed E-state index contributed by atoms with van der Waals surface area (Å²) in [6.07, 6.45) is 0. The summed E-state index contributed by atoms with van der Waals surface area (Å²) in [5, 5.41) is 0. The second-order valence-electron chi connectivity index (χ2n) is 4.05. The van der Waals surface area contributed by atoms with Gasteiger partial charge in [0.05, 0.1) is 6.61 Å². The number of ether oxygens (including phenoxy) is 1. The van der Waals surface area contributed by atoms with E-state index in [1.165, 1.54) is 0 Å². The second kappa shape index (κ2) is 6.46. The van der Waals surface area contributed by atoms with E-state index in [4.69, 9.17) is 10.6 Å². The molecule has 0 aliphatic rings. The summed E-state index contributed by atoms with van der Waals surface area (Å²) in [5.41, 5.74) is 2.10. The van der Waals surface area contributed by atoms with Gasteiger partial charge in [0.25, 0.3) is 0 Å². The van der Waals surface area contributed by atoms with Crippen molar-refractivity contribution < 1.29 is 13.5 Å². The molecule has 18 heavy (non-hydrogen) atoms. The molecule has 1 aromatic heterocycles. The van der Waals surface area contributed by atoms with Gasteiger partial charge in [-0.2, -0.15) is 0 Å². The highest BCUT2D eigenvalue weighted by molar-refractivity contribution is 5.49. The third-order valence-corrected chi connectivity index (χ3v) is 2.48. The fourth-order valence-electron chi connectivity index (χ4n) is 1.56. The summed E-state index contributed by atoms with van der Waals surface area (Å²) in [4.78, 5) is 5.53. The van der Waals surface area contributed by atoms with E-state index in [2.05, 4.69) is 10.4 Å². The maximum Gasteiger partial charge on any atom is 0.178 e. The molecule has 1 rings (SSSR count). The Kier molecular flexibility index (Phi) is 5.24. The van der Waals surface area contributed by atoms with E-state index in [1.54, 1.807) is 12.0 Å². The summed E-state index contributed by atoms with van der Waals surface area (Å²) in [5.74, 6) is 3.44. The van der Waals surface area contributed by atoms with Gasteiger partial charge in [-0.1, -0.05) is 0 Å². The monoisotopic (exact) mass is 260 g/mol. The highest BCUT2D eigenvalue weighted by Gasteiger charge is 2.19. The number of nitrogens with two attached hydrogens (primary N) is 1. The summed E-state index contributed by atoms with van der Waals surface area (Å²) in [6, 6.07) is 0.762. The molecule has 0 aromatic carbocycles. The van der Waals surface area contributed by atoms with Crippen molar-refractivity contribution in [2.45, 2.75) is 19.9 Å². The maximum absolute atomic E-state index is 13.8. The number of hydrazine groups is 1. The third-order valence-electron chi connectivity index (χ3n) is 2.48. The molecule has 3 N–H and O–H groups in total. The molecule has 0 unspecified atom stereocenters. The van der Waals surface area contributed by atoms with Gasteiger partial charge in [-0.3, -0.25) is 0 Å². The van der Waals surface area contributed by atoms with Crippen molar-refractivity contribution in [3.05, 3.63) is 17.7 Å². The molecule has 7 heteroatoms. The van der Waals surface area contributed by atoms with Gasteiger partial charge in [-0.25, -0.2) is 19.6 Å². The first kappa shape index (κ1) is 14.6. The van der Waals surface area contributed by atoms with Crippen LogP contribution in [-0.4, -0.2) is 31.3 Å². The first-order chi connectivity index (χ1) is 8.51. The summed E-state index contributed by atoms with van der Waals surface area (Å²) >= 11 is 0. The van der Waals surface area contributed by atoms with Gasteiger partial charge in [0, 0.05) is 25.8 Å². The zero-order valence-corrected chi connectivity index (χ0v) is 10.7. The second-order valence-corrected chi connectivity index (χ2v) is 4.05. The topological polar surface area (TPSA) is 63.4 Å². The Hall–Kier alpha value is -1.47. The van der Waals surface area contributed by atoms with Crippen LogP contribution < -0.4 is 16.2 Å². The highest BCUT2D eigenvalue weighted by atomic mass is 19.1.